The zero-order valence-electron chi connectivity index (χ0n) is 10.3. The van der Waals surface area contributed by atoms with Crippen LogP contribution in [-0.2, 0) is 4.79 Å². The Morgan fingerprint density at radius 3 is 2.53 bits per heavy atom. The first-order valence-corrected chi connectivity index (χ1v) is 6.64. The second kappa shape index (κ2) is 4.17. The molecule has 2 heterocycles. The average molecular weight is 229 g/mol. The number of benzene rings is 1. The van der Waals surface area contributed by atoms with Gasteiger partial charge in [0.1, 0.15) is 0 Å². The summed E-state index contributed by atoms with van der Waals surface area (Å²) in [5, 5.41) is 0. The normalized spacial score (nSPS) is 32.6. The number of carbonyl (C=O) groups excluding carboxylic acids is 1. The number of carbonyl (C=O) groups is 1. The molecule has 3 atom stereocenters. The van der Waals surface area contributed by atoms with Crippen LogP contribution >= 0.6 is 0 Å². The van der Waals surface area contributed by atoms with Crippen molar-refractivity contribution in [2.24, 2.45) is 5.92 Å². The van der Waals surface area contributed by atoms with E-state index in [1.165, 1.54) is 18.4 Å². The zero-order chi connectivity index (χ0) is 11.8. The summed E-state index contributed by atoms with van der Waals surface area (Å²) in [6.45, 7) is 2.07. The van der Waals surface area contributed by atoms with Crippen LogP contribution in [0.25, 0.3) is 0 Å². The fourth-order valence-corrected chi connectivity index (χ4v) is 3.32. The predicted octanol–water partition coefficient (Wildman–Crippen LogP) is 3.15. The van der Waals surface area contributed by atoms with Gasteiger partial charge in [-0.05, 0) is 31.2 Å². The van der Waals surface area contributed by atoms with Gasteiger partial charge in [0, 0.05) is 12.0 Å². The van der Waals surface area contributed by atoms with Crippen molar-refractivity contribution in [1.29, 1.82) is 0 Å². The molecule has 90 valence electrons. The van der Waals surface area contributed by atoms with Gasteiger partial charge in [0.15, 0.2) is 0 Å². The standard InChI is InChI=1S/C15H19NO/c1-11-7-8-13-9-10-14(16(13)15(11)17)12-5-3-2-4-6-12/h2-6,11,13-14H,7-10H2,1H3/t11-,13-,14+/m0/s1. The molecule has 2 nitrogen and oxygen atoms in total. The molecule has 2 fully saturated rings. The molecule has 0 N–H and O–H groups in total. The molecule has 1 aromatic rings. The third-order valence-corrected chi connectivity index (χ3v) is 4.30. The number of amides is 1. The number of fused-ring (bicyclic) bond motifs is 1. The minimum atomic E-state index is 0.218. The minimum absolute atomic E-state index is 0.218. The van der Waals surface area contributed by atoms with E-state index in [1.54, 1.807) is 0 Å². The Balaban J connectivity index is 1.90. The van der Waals surface area contributed by atoms with E-state index in [4.69, 9.17) is 0 Å². The van der Waals surface area contributed by atoms with Crippen molar-refractivity contribution in [3.8, 4) is 0 Å². The third-order valence-electron chi connectivity index (χ3n) is 4.30. The Kier molecular flexibility index (Phi) is 2.65. The molecule has 0 bridgehead atoms. The topological polar surface area (TPSA) is 20.3 Å². The van der Waals surface area contributed by atoms with Gasteiger partial charge < -0.3 is 4.90 Å². The largest absolute Gasteiger partial charge is 0.332 e. The molecule has 3 rings (SSSR count). The zero-order valence-corrected chi connectivity index (χ0v) is 10.3. The molecule has 0 spiro atoms. The molecule has 1 amide bonds. The van der Waals surface area contributed by atoms with Crippen LogP contribution in [0.15, 0.2) is 30.3 Å². The highest BCUT2D eigenvalue weighted by molar-refractivity contribution is 5.80. The Labute approximate surface area is 103 Å². The molecule has 17 heavy (non-hydrogen) atoms. The summed E-state index contributed by atoms with van der Waals surface area (Å²) in [5.74, 6) is 0.586. The molecule has 0 aromatic heterocycles. The maximum atomic E-state index is 12.3. The van der Waals surface area contributed by atoms with E-state index >= 15 is 0 Å². The Bertz CT molecular complexity index is 414. The van der Waals surface area contributed by atoms with E-state index in [0.717, 1.165) is 12.8 Å². The molecule has 0 radical (unpaired) electrons. The van der Waals surface area contributed by atoms with Crippen LogP contribution in [0.5, 0.6) is 0 Å². The molecule has 2 aliphatic heterocycles. The van der Waals surface area contributed by atoms with E-state index in [-0.39, 0.29) is 5.92 Å². The molecule has 0 saturated carbocycles. The fourth-order valence-electron chi connectivity index (χ4n) is 3.32. The second-order valence-electron chi connectivity index (χ2n) is 5.38. The molecular formula is C15H19NO. The van der Waals surface area contributed by atoms with Crippen LogP contribution < -0.4 is 0 Å². The van der Waals surface area contributed by atoms with Gasteiger partial charge in [-0.3, -0.25) is 4.79 Å². The number of hydrogen-bond donors (Lipinski definition) is 0. The maximum Gasteiger partial charge on any atom is 0.226 e. The number of hydrogen-bond acceptors (Lipinski definition) is 1. The van der Waals surface area contributed by atoms with Gasteiger partial charge in [-0.25, -0.2) is 0 Å². The number of nitrogens with zero attached hydrogens (tertiary/aromatic N) is 1. The highest BCUT2D eigenvalue weighted by atomic mass is 16.2. The molecule has 1 aromatic carbocycles. The molecule has 2 saturated heterocycles. The lowest BCUT2D eigenvalue weighted by atomic mass is 9.93. The Hall–Kier alpha value is -1.31. The first-order valence-electron chi connectivity index (χ1n) is 6.64. The van der Waals surface area contributed by atoms with Crippen molar-refractivity contribution < 1.29 is 4.79 Å². The SMILES string of the molecule is C[C@H]1CC[C@H]2CC[C@H](c3ccccc3)N2C1=O. The van der Waals surface area contributed by atoms with Crippen LogP contribution in [0.2, 0.25) is 0 Å². The van der Waals surface area contributed by atoms with Crippen LogP contribution in [-0.4, -0.2) is 16.8 Å². The van der Waals surface area contributed by atoms with Gasteiger partial charge in [0.05, 0.1) is 6.04 Å². The molecule has 2 aliphatic rings. The summed E-state index contributed by atoms with van der Waals surface area (Å²) in [6, 6.07) is 11.3. The van der Waals surface area contributed by atoms with Gasteiger partial charge in [-0.2, -0.15) is 0 Å². The van der Waals surface area contributed by atoms with Crippen LogP contribution in [0.1, 0.15) is 44.2 Å². The fraction of sp³-hybridized carbons (Fsp3) is 0.533. The van der Waals surface area contributed by atoms with Gasteiger partial charge in [0.25, 0.3) is 0 Å². The smallest absolute Gasteiger partial charge is 0.226 e. The van der Waals surface area contributed by atoms with Crippen molar-refractivity contribution in [2.45, 2.75) is 44.7 Å². The van der Waals surface area contributed by atoms with Crippen LogP contribution in [0.3, 0.4) is 0 Å². The summed E-state index contributed by atoms with van der Waals surface area (Å²) in [5.41, 5.74) is 1.30. The highest BCUT2D eigenvalue weighted by Gasteiger charge is 2.41. The molecular weight excluding hydrogens is 210 g/mol. The first-order chi connectivity index (χ1) is 8.27. The highest BCUT2D eigenvalue weighted by Crippen LogP contribution is 2.41. The van der Waals surface area contributed by atoms with Crippen molar-refractivity contribution >= 4 is 5.91 Å². The van der Waals surface area contributed by atoms with Crippen LogP contribution in [0.4, 0.5) is 0 Å². The van der Waals surface area contributed by atoms with Crippen molar-refractivity contribution in [2.75, 3.05) is 0 Å². The predicted molar refractivity (Wildman–Crippen MR) is 67.4 cm³/mol. The van der Waals surface area contributed by atoms with Crippen molar-refractivity contribution in [3.63, 3.8) is 0 Å². The summed E-state index contributed by atoms with van der Waals surface area (Å²) in [4.78, 5) is 14.5. The lowest BCUT2D eigenvalue weighted by Gasteiger charge is -2.37. The average Bonchev–Trinajstić information content (AvgIpc) is 2.79. The lowest BCUT2D eigenvalue weighted by Crippen LogP contribution is -2.44. The quantitative estimate of drug-likeness (QED) is 0.724. The minimum Gasteiger partial charge on any atom is -0.332 e. The maximum absolute atomic E-state index is 12.3. The van der Waals surface area contributed by atoms with E-state index in [1.807, 2.05) is 6.07 Å². The number of piperidine rings is 1. The van der Waals surface area contributed by atoms with E-state index in [0.29, 0.717) is 18.0 Å². The van der Waals surface area contributed by atoms with Crippen molar-refractivity contribution in [3.05, 3.63) is 35.9 Å². The second-order valence-corrected chi connectivity index (χ2v) is 5.38. The van der Waals surface area contributed by atoms with Gasteiger partial charge in [-0.15, -0.1) is 0 Å². The number of rotatable bonds is 1. The van der Waals surface area contributed by atoms with Gasteiger partial charge in [-0.1, -0.05) is 37.3 Å². The Morgan fingerprint density at radius 2 is 1.76 bits per heavy atom. The lowest BCUT2D eigenvalue weighted by molar-refractivity contribution is -0.141. The van der Waals surface area contributed by atoms with Crippen molar-refractivity contribution in [1.82, 2.24) is 4.90 Å². The summed E-state index contributed by atoms with van der Waals surface area (Å²) >= 11 is 0. The Morgan fingerprint density at radius 1 is 1.06 bits per heavy atom. The first kappa shape index (κ1) is 10.8. The summed E-state index contributed by atoms with van der Waals surface area (Å²) in [7, 11) is 0. The van der Waals surface area contributed by atoms with E-state index in [9.17, 15) is 4.79 Å². The third kappa shape index (κ3) is 1.76. The summed E-state index contributed by atoms with van der Waals surface area (Å²) in [6.07, 6.45) is 4.57. The summed E-state index contributed by atoms with van der Waals surface area (Å²) < 4.78 is 0. The van der Waals surface area contributed by atoms with Gasteiger partial charge >= 0.3 is 0 Å². The molecule has 2 heteroatoms. The molecule has 0 aliphatic carbocycles. The van der Waals surface area contributed by atoms with E-state index in [2.05, 4.69) is 36.1 Å². The monoisotopic (exact) mass is 229 g/mol. The molecule has 0 unspecified atom stereocenters. The van der Waals surface area contributed by atoms with Crippen LogP contribution in [0, 0.1) is 5.92 Å². The van der Waals surface area contributed by atoms with E-state index < -0.39 is 0 Å². The van der Waals surface area contributed by atoms with Gasteiger partial charge in [0.2, 0.25) is 5.91 Å².